The first-order chi connectivity index (χ1) is 10.5. The summed E-state index contributed by atoms with van der Waals surface area (Å²) in [5.41, 5.74) is 0. The molecule has 2 N–H and O–H groups in total. The molecule has 0 fully saturated rings. The number of benzene rings is 1. The van der Waals surface area contributed by atoms with Crippen LogP contribution in [0.3, 0.4) is 0 Å². The molecule has 1 aromatic rings. The van der Waals surface area contributed by atoms with Crippen molar-refractivity contribution in [2.75, 3.05) is 33.9 Å². The summed E-state index contributed by atoms with van der Waals surface area (Å²) in [6, 6.07) is 5.14. The van der Waals surface area contributed by atoms with Crippen LogP contribution in [0.25, 0.3) is 0 Å². The van der Waals surface area contributed by atoms with Gasteiger partial charge in [-0.3, -0.25) is 0 Å². The fraction of sp³-hybridized carbons (Fsp3) is 0.562. The summed E-state index contributed by atoms with van der Waals surface area (Å²) in [6.45, 7) is 5.71. The lowest BCUT2D eigenvalue weighted by atomic mass is 10.1. The second-order valence-corrected chi connectivity index (χ2v) is 5.26. The Hall–Kier alpha value is -2.11. The maximum atomic E-state index is 11.5. The molecular weight excluding hydrogens is 284 g/mol. The third-order valence-electron chi connectivity index (χ3n) is 2.99. The zero-order chi connectivity index (χ0) is 16.4. The van der Waals surface area contributed by atoms with Crippen LogP contribution in [0.15, 0.2) is 18.2 Å². The SMILES string of the molecule is COc1cc(OC)cc(OCCNC(=O)NCCC(C)C)c1. The van der Waals surface area contributed by atoms with E-state index in [4.69, 9.17) is 14.2 Å². The van der Waals surface area contributed by atoms with Gasteiger partial charge in [0.15, 0.2) is 0 Å². The number of hydrogen-bond donors (Lipinski definition) is 2. The van der Waals surface area contributed by atoms with Crippen molar-refractivity contribution in [2.45, 2.75) is 20.3 Å². The second-order valence-electron chi connectivity index (χ2n) is 5.26. The van der Waals surface area contributed by atoms with E-state index in [0.717, 1.165) is 6.42 Å². The average Bonchev–Trinajstić information content (AvgIpc) is 2.50. The molecule has 0 aliphatic heterocycles. The fourth-order valence-corrected chi connectivity index (χ4v) is 1.73. The Labute approximate surface area is 132 Å². The van der Waals surface area contributed by atoms with Gasteiger partial charge in [0.2, 0.25) is 0 Å². The molecular formula is C16H26N2O4. The Morgan fingerprint density at radius 3 is 2.09 bits per heavy atom. The van der Waals surface area contributed by atoms with Crippen LogP contribution in [0.1, 0.15) is 20.3 Å². The van der Waals surface area contributed by atoms with Crippen LogP contribution in [0.2, 0.25) is 0 Å². The van der Waals surface area contributed by atoms with Crippen LogP contribution >= 0.6 is 0 Å². The van der Waals surface area contributed by atoms with Crippen molar-refractivity contribution in [1.29, 1.82) is 0 Å². The van der Waals surface area contributed by atoms with Crippen molar-refractivity contribution in [3.05, 3.63) is 18.2 Å². The zero-order valence-corrected chi connectivity index (χ0v) is 13.8. The highest BCUT2D eigenvalue weighted by Crippen LogP contribution is 2.27. The Morgan fingerprint density at radius 2 is 1.55 bits per heavy atom. The first kappa shape index (κ1) is 17.9. The number of methoxy groups -OCH3 is 2. The zero-order valence-electron chi connectivity index (χ0n) is 13.8. The molecule has 0 saturated carbocycles. The smallest absolute Gasteiger partial charge is 0.314 e. The Morgan fingerprint density at radius 1 is 1.00 bits per heavy atom. The summed E-state index contributed by atoms with van der Waals surface area (Å²) in [7, 11) is 3.17. The molecule has 124 valence electrons. The summed E-state index contributed by atoms with van der Waals surface area (Å²) >= 11 is 0. The number of rotatable bonds is 9. The van der Waals surface area contributed by atoms with E-state index < -0.39 is 0 Å². The van der Waals surface area contributed by atoms with Gasteiger partial charge in [-0.05, 0) is 12.3 Å². The molecule has 0 aliphatic carbocycles. The van der Waals surface area contributed by atoms with Crippen LogP contribution < -0.4 is 24.8 Å². The Balaban J connectivity index is 2.28. The molecule has 0 radical (unpaired) electrons. The van der Waals surface area contributed by atoms with E-state index in [1.54, 1.807) is 32.4 Å². The Kier molecular flexibility index (Phi) is 7.96. The summed E-state index contributed by atoms with van der Waals surface area (Å²) in [5.74, 6) is 2.53. The van der Waals surface area contributed by atoms with Gasteiger partial charge in [0, 0.05) is 24.7 Å². The number of amides is 2. The molecule has 1 aromatic carbocycles. The fourth-order valence-electron chi connectivity index (χ4n) is 1.73. The van der Waals surface area contributed by atoms with Crippen molar-refractivity contribution < 1.29 is 19.0 Å². The number of ether oxygens (including phenoxy) is 3. The van der Waals surface area contributed by atoms with E-state index in [9.17, 15) is 4.79 Å². The first-order valence-corrected chi connectivity index (χ1v) is 7.42. The molecule has 0 saturated heterocycles. The van der Waals surface area contributed by atoms with Crippen molar-refractivity contribution in [3.63, 3.8) is 0 Å². The van der Waals surface area contributed by atoms with Crippen molar-refractivity contribution in [3.8, 4) is 17.2 Å². The number of carbonyl (C=O) groups is 1. The predicted octanol–water partition coefficient (Wildman–Crippen LogP) is 2.43. The van der Waals surface area contributed by atoms with Crippen LogP contribution in [0.4, 0.5) is 4.79 Å². The van der Waals surface area contributed by atoms with Gasteiger partial charge in [0.25, 0.3) is 0 Å². The lowest BCUT2D eigenvalue weighted by Gasteiger charge is -2.11. The highest BCUT2D eigenvalue weighted by Gasteiger charge is 2.04. The van der Waals surface area contributed by atoms with Gasteiger partial charge in [-0.25, -0.2) is 4.79 Å². The second kappa shape index (κ2) is 9.76. The van der Waals surface area contributed by atoms with E-state index in [-0.39, 0.29) is 6.03 Å². The minimum atomic E-state index is -0.174. The molecule has 0 spiro atoms. The Bertz CT molecular complexity index is 441. The number of urea groups is 1. The van der Waals surface area contributed by atoms with E-state index in [1.807, 2.05) is 0 Å². The van der Waals surface area contributed by atoms with E-state index in [2.05, 4.69) is 24.5 Å². The average molecular weight is 310 g/mol. The van der Waals surface area contributed by atoms with Gasteiger partial charge in [-0.15, -0.1) is 0 Å². The van der Waals surface area contributed by atoms with E-state index in [1.165, 1.54) is 0 Å². The lowest BCUT2D eigenvalue weighted by molar-refractivity contribution is 0.235. The molecule has 0 unspecified atom stereocenters. The molecule has 0 heterocycles. The molecule has 0 atom stereocenters. The van der Waals surface area contributed by atoms with E-state index in [0.29, 0.717) is 42.9 Å². The van der Waals surface area contributed by atoms with Gasteiger partial charge < -0.3 is 24.8 Å². The molecule has 1 rings (SSSR count). The highest BCUT2D eigenvalue weighted by atomic mass is 16.5. The van der Waals surface area contributed by atoms with Gasteiger partial charge in [0.05, 0.1) is 20.8 Å². The molecule has 0 bridgehead atoms. The number of nitrogens with one attached hydrogen (secondary N) is 2. The maximum Gasteiger partial charge on any atom is 0.314 e. The molecule has 0 aromatic heterocycles. The minimum absolute atomic E-state index is 0.174. The highest BCUT2D eigenvalue weighted by molar-refractivity contribution is 5.73. The summed E-state index contributed by atoms with van der Waals surface area (Å²) < 4.78 is 15.9. The lowest BCUT2D eigenvalue weighted by Crippen LogP contribution is -2.38. The standard InChI is InChI=1S/C16H26N2O4/c1-12(2)5-6-17-16(19)18-7-8-22-15-10-13(20-3)9-14(11-15)21-4/h9-12H,5-8H2,1-4H3,(H2,17,18,19). The topological polar surface area (TPSA) is 68.8 Å². The molecule has 6 heteroatoms. The van der Waals surface area contributed by atoms with E-state index >= 15 is 0 Å². The maximum absolute atomic E-state index is 11.5. The minimum Gasteiger partial charge on any atom is -0.496 e. The number of hydrogen-bond acceptors (Lipinski definition) is 4. The molecule has 6 nitrogen and oxygen atoms in total. The molecule has 22 heavy (non-hydrogen) atoms. The van der Waals surface area contributed by atoms with Crippen LogP contribution in [0.5, 0.6) is 17.2 Å². The predicted molar refractivity (Wildman–Crippen MR) is 85.9 cm³/mol. The summed E-state index contributed by atoms with van der Waals surface area (Å²) in [4.78, 5) is 11.5. The van der Waals surface area contributed by atoms with Crippen LogP contribution in [0, 0.1) is 5.92 Å². The molecule has 2 amide bonds. The monoisotopic (exact) mass is 310 g/mol. The van der Waals surface area contributed by atoms with Crippen molar-refractivity contribution in [1.82, 2.24) is 10.6 Å². The van der Waals surface area contributed by atoms with Gasteiger partial charge >= 0.3 is 6.03 Å². The molecule has 0 aliphatic rings. The quantitative estimate of drug-likeness (QED) is 0.687. The summed E-state index contributed by atoms with van der Waals surface area (Å²) in [5, 5.41) is 5.55. The third-order valence-corrected chi connectivity index (χ3v) is 2.99. The third kappa shape index (κ3) is 7.06. The van der Waals surface area contributed by atoms with Gasteiger partial charge in [0.1, 0.15) is 23.9 Å². The normalized spacial score (nSPS) is 10.2. The van der Waals surface area contributed by atoms with Crippen molar-refractivity contribution >= 4 is 6.03 Å². The largest absolute Gasteiger partial charge is 0.496 e. The van der Waals surface area contributed by atoms with Gasteiger partial charge in [-0.1, -0.05) is 13.8 Å². The van der Waals surface area contributed by atoms with Crippen molar-refractivity contribution in [2.24, 2.45) is 5.92 Å². The summed E-state index contributed by atoms with van der Waals surface area (Å²) in [6.07, 6.45) is 0.966. The van der Waals surface area contributed by atoms with Crippen LogP contribution in [-0.2, 0) is 0 Å². The first-order valence-electron chi connectivity index (χ1n) is 7.42. The van der Waals surface area contributed by atoms with Crippen LogP contribution in [-0.4, -0.2) is 39.9 Å². The van der Waals surface area contributed by atoms with Gasteiger partial charge in [-0.2, -0.15) is 0 Å². The number of carbonyl (C=O) groups excluding carboxylic acids is 1.